The number of esters is 1. The highest BCUT2D eigenvalue weighted by molar-refractivity contribution is 5.96. The van der Waals surface area contributed by atoms with Crippen LogP contribution < -0.4 is 10.1 Å². The van der Waals surface area contributed by atoms with E-state index in [2.05, 4.69) is 5.32 Å². The molecule has 0 unspecified atom stereocenters. The fourth-order valence-electron chi connectivity index (χ4n) is 2.68. The summed E-state index contributed by atoms with van der Waals surface area (Å²) < 4.78 is 16.1. The molecule has 0 radical (unpaired) electrons. The number of benzene rings is 2. The minimum absolute atomic E-state index is 0.117. The summed E-state index contributed by atoms with van der Waals surface area (Å²) in [5, 5.41) is 3.49. The van der Waals surface area contributed by atoms with Gasteiger partial charge in [0.25, 0.3) is 5.91 Å². The lowest BCUT2D eigenvalue weighted by Gasteiger charge is -2.08. The van der Waals surface area contributed by atoms with Crippen molar-refractivity contribution in [2.75, 3.05) is 19.8 Å². The van der Waals surface area contributed by atoms with Crippen LogP contribution in [0.2, 0.25) is 0 Å². The van der Waals surface area contributed by atoms with Crippen LogP contribution in [0.1, 0.15) is 21.7 Å². The van der Waals surface area contributed by atoms with Crippen LogP contribution in [0, 0.1) is 13.8 Å². The van der Waals surface area contributed by atoms with E-state index in [4.69, 9.17) is 13.9 Å². The third-order valence-electron chi connectivity index (χ3n) is 4.05. The average molecular weight is 367 g/mol. The molecule has 0 fully saturated rings. The first-order valence-corrected chi connectivity index (χ1v) is 8.66. The number of nitrogens with one attached hydrogen (secondary N) is 1. The molecule has 1 heterocycles. The predicted octanol–water partition coefficient (Wildman–Crippen LogP) is 3.40. The number of ether oxygens (including phenoxy) is 2. The Balaban J connectivity index is 1.43. The van der Waals surface area contributed by atoms with Gasteiger partial charge < -0.3 is 19.2 Å². The van der Waals surface area contributed by atoms with Crippen LogP contribution in [-0.2, 0) is 9.53 Å². The van der Waals surface area contributed by atoms with Crippen LogP contribution in [-0.4, -0.2) is 31.6 Å². The largest absolute Gasteiger partial charge is 0.492 e. The Hall–Kier alpha value is -3.28. The van der Waals surface area contributed by atoms with Crippen molar-refractivity contribution in [3.8, 4) is 5.75 Å². The van der Waals surface area contributed by atoms with Crippen molar-refractivity contribution in [2.45, 2.75) is 13.8 Å². The molecule has 140 valence electrons. The summed E-state index contributed by atoms with van der Waals surface area (Å²) in [7, 11) is 0. The minimum Gasteiger partial charge on any atom is -0.492 e. The van der Waals surface area contributed by atoms with Crippen LogP contribution >= 0.6 is 0 Å². The third kappa shape index (κ3) is 4.67. The molecule has 0 bridgehead atoms. The van der Waals surface area contributed by atoms with Crippen LogP contribution in [0.25, 0.3) is 11.0 Å². The molecule has 1 amide bonds. The number of furan rings is 1. The quantitative estimate of drug-likeness (QED) is 0.511. The molecule has 6 nitrogen and oxygen atoms in total. The highest BCUT2D eigenvalue weighted by atomic mass is 16.5. The van der Waals surface area contributed by atoms with Crippen molar-refractivity contribution < 1.29 is 23.5 Å². The first kappa shape index (κ1) is 18.5. The Bertz CT molecular complexity index is 960. The van der Waals surface area contributed by atoms with E-state index in [1.807, 2.05) is 49.4 Å². The number of hydrogen-bond acceptors (Lipinski definition) is 5. The Morgan fingerprint density at radius 1 is 1.07 bits per heavy atom. The van der Waals surface area contributed by atoms with Gasteiger partial charge in [0, 0.05) is 10.9 Å². The van der Waals surface area contributed by atoms with Gasteiger partial charge in [-0.05, 0) is 37.6 Å². The van der Waals surface area contributed by atoms with Crippen LogP contribution in [0.4, 0.5) is 0 Å². The number of carbonyl (C=O) groups is 2. The molecule has 0 aliphatic rings. The lowest BCUT2D eigenvalue weighted by molar-refractivity contribution is -0.124. The van der Waals surface area contributed by atoms with Crippen LogP contribution in [0.15, 0.2) is 52.9 Å². The molecule has 0 aliphatic heterocycles. The molecule has 0 aliphatic carbocycles. The van der Waals surface area contributed by atoms with E-state index in [0.29, 0.717) is 24.3 Å². The maximum atomic E-state index is 12.2. The van der Waals surface area contributed by atoms with Gasteiger partial charge >= 0.3 is 5.97 Å². The smallest absolute Gasteiger partial charge is 0.375 e. The molecule has 0 spiro atoms. The van der Waals surface area contributed by atoms with Crippen molar-refractivity contribution in [3.63, 3.8) is 0 Å². The molecule has 0 saturated carbocycles. The molecule has 27 heavy (non-hydrogen) atoms. The van der Waals surface area contributed by atoms with Crippen molar-refractivity contribution in [2.24, 2.45) is 0 Å². The van der Waals surface area contributed by atoms with Gasteiger partial charge in [-0.1, -0.05) is 30.3 Å². The molecule has 0 saturated heterocycles. The first-order valence-electron chi connectivity index (χ1n) is 8.66. The zero-order valence-corrected chi connectivity index (χ0v) is 15.3. The number of fused-ring (bicyclic) bond motifs is 1. The Labute approximate surface area is 157 Å². The molecule has 1 N–H and O–H groups in total. The van der Waals surface area contributed by atoms with Crippen molar-refractivity contribution in [1.29, 1.82) is 0 Å². The summed E-state index contributed by atoms with van der Waals surface area (Å²) in [6, 6.07) is 15.0. The maximum absolute atomic E-state index is 12.2. The van der Waals surface area contributed by atoms with E-state index in [-0.39, 0.29) is 12.4 Å². The van der Waals surface area contributed by atoms with Crippen LogP contribution in [0.3, 0.4) is 0 Å². The van der Waals surface area contributed by atoms with Gasteiger partial charge in [-0.25, -0.2) is 4.79 Å². The summed E-state index contributed by atoms with van der Waals surface area (Å²) in [5.41, 5.74) is 2.41. The Kier molecular flexibility index (Phi) is 5.76. The highest BCUT2D eigenvalue weighted by Gasteiger charge is 2.19. The zero-order valence-electron chi connectivity index (χ0n) is 15.3. The Morgan fingerprint density at radius 2 is 1.89 bits per heavy atom. The summed E-state index contributed by atoms with van der Waals surface area (Å²) in [5.74, 6) is -0.192. The second-order valence-electron chi connectivity index (χ2n) is 6.14. The zero-order chi connectivity index (χ0) is 19.2. The SMILES string of the molecule is Cc1cccc(OCCNC(=O)COC(=O)c2oc3ccccc3c2C)c1. The van der Waals surface area contributed by atoms with E-state index >= 15 is 0 Å². The number of hydrogen-bond donors (Lipinski definition) is 1. The second-order valence-corrected chi connectivity index (χ2v) is 6.14. The van der Waals surface area contributed by atoms with Gasteiger partial charge in [-0.15, -0.1) is 0 Å². The van der Waals surface area contributed by atoms with Crippen molar-refractivity contribution in [1.82, 2.24) is 5.32 Å². The molecular formula is C21H21NO5. The van der Waals surface area contributed by atoms with Crippen molar-refractivity contribution in [3.05, 3.63) is 65.4 Å². The Morgan fingerprint density at radius 3 is 2.67 bits per heavy atom. The molecule has 3 rings (SSSR count). The van der Waals surface area contributed by atoms with Gasteiger partial charge in [-0.2, -0.15) is 0 Å². The molecule has 1 aromatic heterocycles. The maximum Gasteiger partial charge on any atom is 0.375 e. The number of para-hydroxylation sites is 1. The topological polar surface area (TPSA) is 77.8 Å². The van der Waals surface area contributed by atoms with Gasteiger partial charge in [0.15, 0.2) is 6.61 Å². The fourth-order valence-corrected chi connectivity index (χ4v) is 2.68. The standard InChI is InChI=1S/C21H21NO5/c1-14-6-5-7-16(12-14)25-11-10-22-19(23)13-26-21(24)20-15(2)17-8-3-4-9-18(17)27-20/h3-9,12H,10-11,13H2,1-2H3,(H,22,23). The molecule has 3 aromatic rings. The van der Waals surface area contributed by atoms with Gasteiger partial charge in [0.1, 0.15) is 17.9 Å². The lowest BCUT2D eigenvalue weighted by atomic mass is 10.1. The monoisotopic (exact) mass is 367 g/mol. The summed E-state index contributed by atoms with van der Waals surface area (Å²) in [6.45, 7) is 4.03. The normalized spacial score (nSPS) is 10.6. The van der Waals surface area contributed by atoms with Gasteiger partial charge in [-0.3, -0.25) is 4.79 Å². The summed E-state index contributed by atoms with van der Waals surface area (Å²) in [4.78, 5) is 24.0. The van der Waals surface area contributed by atoms with Gasteiger partial charge in [0.2, 0.25) is 5.76 Å². The van der Waals surface area contributed by atoms with E-state index in [1.165, 1.54) is 0 Å². The predicted molar refractivity (Wildman–Crippen MR) is 101 cm³/mol. The number of rotatable bonds is 7. The number of aryl methyl sites for hydroxylation is 2. The van der Waals surface area contributed by atoms with E-state index in [1.54, 1.807) is 13.0 Å². The van der Waals surface area contributed by atoms with Crippen molar-refractivity contribution >= 4 is 22.8 Å². The highest BCUT2D eigenvalue weighted by Crippen LogP contribution is 2.25. The van der Waals surface area contributed by atoms with E-state index in [9.17, 15) is 9.59 Å². The number of carbonyl (C=O) groups excluding carboxylic acids is 2. The lowest BCUT2D eigenvalue weighted by Crippen LogP contribution is -2.32. The van der Waals surface area contributed by atoms with Crippen LogP contribution in [0.5, 0.6) is 5.75 Å². The number of amides is 1. The van der Waals surface area contributed by atoms with E-state index in [0.717, 1.165) is 16.7 Å². The first-order chi connectivity index (χ1) is 13.0. The summed E-state index contributed by atoms with van der Waals surface area (Å²) >= 11 is 0. The average Bonchev–Trinajstić information content (AvgIpc) is 3.00. The molecular weight excluding hydrogens is 346 g/mol. The molecule has 0 atom stereocenters. The molecule has 6 heteroatoms. The second kappa shape index (κ2) is 8.40. The van der Waals surface area contributed by atoms with Gasteiger partial charge in [0.05, 0.1) is 6.54 Å². The summed E-state index contributed by atoms with van der Waals surface area (Å²) in [6.07, 6.45) is 0. The minimum atomic E-state index is -0.658. The third-order valence-corrected chi connectivity index (χ3v) is 4.05. The molecule has 2 aromatic carbocycles. The fraction of sp³-hybridized carbons (Fsp3) is 0.238. The van der Waals surface area contributed by atoms with E-state index < -0.39 is 11.9 Å².